The summed E-state index contributed by atoms with van der Waals surface area (Å²) in [6.07, 6.45) is 0. The molecule has 0 atom stereocenters. The number of rotatable bonds is 7. The molecule has 0 N–H and O–H groups in total. The van der Waals surface area contributed by atoms with Gasteiger partial charge in [0.15, 0.2) is 0 Å². The Balaban J connectivity index is 0.941. The second-order valence-electron chi connectivity index (χ2n) is 18.4. The van der Waals surface area contributed by atoms with Gasteiger partial charge >= 0.3 is 0 Å². The van der Waals surface area contributed by atoms with Gasteiger partial charge in [0.1, 0.15) is 0 Å². The van der Waals surface area contributed by atoms with Crippen LogP contribution in [0.4, 0.5) is 17.1 Å². The average molecular weight is 889 g/mol. The Labute approximate surface area is 406 Å². The normalized spacial score (nSPS) is 11.7. The van der Waals surface area contributed by atoms with Gasteiger partial charge in [-0.05, 0) is 160 Å². The van der Waals surface area contributed by atoms with Crippen LogP contribution in [-0.2, 0) is 0 Å². The zero-order chi connectivity index (χ0) is 46.1. The number of para-hydroxylation sites is 2. The van der Waals surface area contributed by atoms with Crippen LogP contribution in [0.5, 0.6) is 0 Å². The minimum Gasteiger partial charge on any atom is -0.310 e. The molecular formula is C68H44N2. The van der Waals surface area contributed by atoms with Crippen molar-refractivity contribution in [3.05, 3.63) is 267 Å². The summed E-state index contributed by atoms with van der Waals surface area (Å²) >= 11 is 0. The third-order valence-electron chi connectivity index (χ3n) is 14.5. The van der Waals surface area contributed by atoms with Crippen LogP contribution in [0, 0.1) is 0 Å². The topological polar surface area (TPSA) is 8.17 Å². The number of benzene rings is 13. The molecule has 14 rings (SSSR count). The van der Waals surface area contributed by atoms with Crippen LogP contribution in [0.1, 0.15) is 0 Å². The minimum absolute atomic E-state index is 1.08. The van der Waals surface area contributed by atoms with E-state index < -0.39 is 0 Å². The van der Waals surface area contributed by atoms with Crippen molar-refractivity contribution < 1.29 is 0 Å². The van der Waals surface area contributed by atoms with E-state index in [4.69, 9.17) is 0 Å². The molecule has 0 unspecified atom stereocenters. The molecule has 2 heteroatoms. The third-order valence-corrected chi connectivity index (χ3v) is 14.5. The molecular weight excluding hydrogens is 845 g/mol. The number of aromatic nitrogens is 1. The summed E-state index contributed by atoms with van der Waals surface area (Å²) in [6.45, 7) is 0. The van der Waals surface area contributed by atoms with Crippen molar-refractivity contribution in [3.8, 4) is 39.1 Å². The fourth-order valence-electron chi connectivity index (χ4n) is 11.3. The van der Waals surface area contributed by atoms with Gasteiger partial charge < -0.3 is 9.47 Å². The highest BCUT2D eigenvalue weighted by molar-refractivity contribution is 6.23. The number of hydrogen-bond acceptors (Lipinski definition) is 1. The molecule has 0 radical (unpaired) electrons. The smallest absolute Gasteiger partial charge is 0.0553 e. The fourth-order valence-corrected chi connectivity index (χ4v) is 11.3. The molecule has 0 saturated heterocycles. The first kappa shape index (κ1) is 39.9. The largest absolute Gasteiger partial charge is 0.310 e. The van der Waals surface area contributed by atoms with Gasteiger partial charge in [0.2, 0.25) is 0 Å². The maximum Gasteiger partial charge on any atom is 0.0553 e. The molecule has 0 aliphatic heterocycles. The van der Waals surface area contributed by atoms with E-state index in [9.17, 15) is 0 Å². The van der Waals surface area contributed by atoms with Crippen LogP contribution in [0.15, 0.2) is 267 Å². The van der Waals surface area contributed by atoms with Crippen LogP contribution in [0.25, 0.3) is 115 Å². The Kier molecular flexibility index (Phi) is 9.25. The summed E-state index contributed by atoms with van der Waals surface area (Å²) in [6, 6.07) is 98.1. The van der Waals surface area contributed by atoms with Gasteiger partial charge in [-0.3, -0.25) is 0 Å². The lowest BCUT2D eigenvalue weighted by Gasteiger charge is -2.27. The van der Waals surface area contributed by atoms with Crippen LogP contribution in [0.2, 0.25) is 0 Å². The molecule has 2 nitrogen and oxygen atoms in total. The summed E-state index contributed by atoms with van der Waals surface area (Å²) < 4.78 is 2.43. The first-order chi connectivity index (χ1) is 34.7. The van der Waals surface area contributed by atoms with Crippen LogP contribution >= 0.6 is 0 Å². The summed E-state index contributed by atoms with van der Waals surface area (Å²) in [5.74, 6) is 0. The molecule has 0 amide bonds. The van der Waals surface area contributed by atoms with Crippen molar-refractivity contribution in [1.82, 2.24) is 4.57 Å². The summed E-state index contributed by atoms with van der Waals surface area (Å²) in [5, 5.41) is 15.0. The van der Waals surface area contributed by atoms with E-state index in [0.29, 0.717) is 0 Å². The molecule has 326 valence electrons. The van der Waals surface area contributed by atoms with E-state index in [1.54, 1.807) is 0 Å². The Morgan fingerprint density at radius 2 is 0.800 bits per heavy atom. The maximum atomic E-state index is 2.43. The van der Waals surface area contributed by atoms with Crippen molar-refractivity contribution >= 4 is 92.7 Å². The molecule has 70 heavy (non-hydrogen) atoms. The van der Waals surface area contributed by atoms with Crippen molar-refractivity contribution in [3.63, 3.8) is 0 Å². The van der Waals surface area contributed by atoms with Gasteiger partial charge in [0.05, 0.1) is 11.0 Å². The van der Waals surface area contributed by atoms with Crippen molar-refractivity contribution in [2.45, 2.75) is 0 Å². The highest BCUT2D eigenvalue weighted by atomic mass is 15.1. The van der Waals surface area contributed by atoms with E-state index in [-0.39, 0.29) is 0 Å². The Morgan fingerprint density at radius 1 is 0.257 bits per heavy atom. The average Bonchev–Trinajstić information content (AvgIpc) is 3.76. The van der Waals surface area contributed by atoms with Crippen molar-refractivity contribution in [2.75, 3.05) is 4.90 Å². The highest BCUT2D eigenvalue weighted by Gasteiger charge is 2.21. The van der Waals surface area contributed by atoms with Crippen LogP contribution in [-0.4, -0.2) is 4.57 Å². The van der Waals surface area contributed by atoms with Crippen LogP contribution < -0.4 is 4.90 Å². The lowest BCUT2D eigenvalue weighted by molar-refractivity contribution is 1.18. The molecule has 13 aromatic carbocycles. The molecule has 0 spiro atoms. The molecule has 0 aliphatic carbocycles. The van der Waals surface area contributed by atoms with Gasteiger partial charge in [0, 0.05) is 33.5 Å². The van der Waals surface area contributed by atoms with Crippen molar-refractivity contribution in [1.29, 1.82) is 0 Å². The molecule has 14 aromatic rings. The third kappa shape index (κ3) is 6.49. The number of hydrogen-bond donors (Lipinski definition) is 0. The van der Waals surface area contributed by atoms with Gasteiger partial charge in [-0.2, -0.15) is 0 Å². The standard InChI is InChI=1S/C68H44N2/c1-2-19-53(20-3-1)70-65-28-13-12-27-63(65)68-66(70)44-50-17-6-9-24-60(50)67(68)52-18-14-21-56(42-52)69(54-36-31-45(32-37-54)48-35-40-59-51(41-48)30-29-46-15-4-7-22-57(46)59)55-38-33-47(34-39-55)64-43-49-16-5-8-23-58(49)61-25-10-11-26-62(61)64/h1-44H. The number of anilines is 3. The monoisotopic (exact) mass is 888 g/mol. The molecule has 0 bridgehead atoms. The highest BCUT2D eigenvalue weighted by Crippen LogP contribution is 2.46. The van der Waals surface area contributed by atoms with E-state index in [1.165, 1.54) is 109 Å². The first-order valence-corrected chi connectivity index (χ1v) is 24.2. The number of fused-ring (bicyclic) bond motifs is 10. The lowest BCUT2D eigenvalue weighted by atomic mass is 9.92. The Morgan fingerprint density at radius 3 is 1.56 bits per heavy atom. The zero-order valence-electron chi connectivity index (χ0n) is 38.3. The van der Waals surface area contributed by atoms with Gasteiger partial charge in [-0.1, -0.05) is 194 Å². The fraction of sp³-hybridized carbons (Fsp3) is 0. The molecule has 1 heterocycles. The van der Waals surface area contributed by atoms with Gasteiger partial charge in [-0.25, -0.2) is 0 Å². The summed E-state index contributed by atoms with van der Waals surface area (Å²) in [5.41, 5.74) is 14.0. The summed E-state index contributed by atoms with van der Waals surface area (Å²) in [7, 11) is 0. The second kappa shape index (κ2) is 16.2. The van der Waals surface area contributed by atoms with Gasteiger partial charge in [-0.15, -0.1) is 0 Å². The van der Waals surface area contributed by atoms with E-state index in [0.717, 1.165) is 22.7 Å². The Hall–Kier alpha value is -9.24. The quantitative estimate of drug-likeness (QED) is 0.145. The van der Waals surface area contributed by atoms with E-state index in [1.807, 2.05) is 0 Å². The van der Waals surface area contributed by atoms with E-state index in [2.05, 4.69) is 276 Å². The Bertz CT molecular complexity index is 4340. The molecule has 0 fully saturated rings. The molecule has 0 aliphatic rings. The predicted molar refractivity (Wildman–Crippen MR) is 299 cm³/mol. The first-order valence-electron chi connectivity index (χ1n) is 24.2. The van der Waals surface area contributed by atoms with Crippen LogP contribution in [0.3, 0.4) is 0 Å². The lowest BCUT2D eigenvalue weighted by Crippen LogP contribution is -2.10. The molecule has 1 aromatic heterocycles. The predicted octanol–water partition coefficient (Wildman–Crippen LogP) is 19.0. The van der Waals surface area contributed by atoms with Crippen molar-refractivity contribution in [2.24, 2.45) is 0 Å². The van der Waals surface area contributed by atoms with E-state index >= 15 is 0 Å². The SMILES string of the molecule is c1ccc(-n2c3ccccc3c3c(-c4cccc(N(c5ccc(-c6ccc7c(ccc8ccccc87)c6)cc5)c5ccc(-c6cc7ccccc7c7ccccc67)cc5)c4)c4ccccc4cc32)cc1. The zero-order valence-corrected chi connectivity index (χ0v) is 38.3. The molecule has 0 saturated carbocycles. The van der Waals surface area contributed by atoms with Gasteiger partial charge in [0.25, 0.3) is 0 Å². The maximum absolute atomic E-state index is 2.43. The summed E-state index contributed by atoms with van der Waals surface area (Å²) in [4.78, 5) is 2.41. The minimum atomic E-state index is 1.08. The second-order valence-corrected chi connectivity index (χ2v) is 18.4. The number of nitrogens with zero attached hydrogens (tertiary/aromatic N) is 2.